The number of hydrogen-bond acceptors (Lipinski definition) is 5. The first-order chi connectivity index (χ1) is 14.7. The molecule has 0 bridgehead atoms. The fraction of sp³-hybridized carbons (Fsp3) is 0.538. The van der Waals surface area contributed by atoms with E-state index in [4.69, 9.17) is 9.47 Å². The van der Waals surface area contributed by atoms with Gasteiger partial charge in [0, 0.05) is 31.6 Å². The van der Waals surface area contributed by atoms with Gasteiger partial charge in [-0.1, -0.05) is 45.0 Å². The lowest BCUT2D eigenvalue weighted by Crippen LogP contribution is -2.51. The molecule has 0 saturated carbocycles. The topological polar surface area (TPSA) is 62.2 Å². The minimum atomic E-state index is -0.544. The van der Waals surface area contributed by atoms with Crippen molar-refractivity contribution in [2.24, 2.45) is 0 Å². The van der Waals surface area contributed by atoms with Crippen LogP contribution in [0.15, 0.2) is 42.5 Å². The number of rotatable bonds is 4. The third kappa shape index (κ3) is 4.74. The molecular weight excluding hydrogens is 390 g/mol. The van der Waals surface area contributed by atoms with Crippen molar-refractivity contribution in [3.63, 3.8) is 0 Å². The zero-order valence-corrected chi connectivity index (χ0v) is 19.1. The molecule has 168 valence electrons. The van der Waals surface area contributed by atoms with Gasteiger partial charge in [0.15, 0.2) is 0 Å². The van der Waals surface area contributed by atoms with Gasteiger partial charge < -0.3 is 24.6 Å². The Morgan fingerprint density at radius 3 is 2.42 bits per heavy atom. The van der Waals surface area contributed by atoms with Gasteiger partial charge >= 0.3 is 0 Å². The van der Waals surface area contributed by atoms with E-state index >= 15 is 0 Å². The van der Waals surface area contributed by atoms with Crippen molar-refractivity contribution in [1.82, 2.24) is 4.90 Å². The van der Waals surface area contributed by atoms with Gasteiger partial charge in [0.1, 0.15) is 17.1 Å². The molecule has 2 aromatic rings. The number of ether oxygens (including phenoxy) is 2. The summed E-state index contributed by atoms with van der Waals surface area (Å²) < 4.78 is 11.7. The molecule has 5 heteroatoms. The minimum absolute atomic E-state index is 0.110. The second-order valence-electron chi connectivity index (χ2n) is 10.1. The van der Waals surface area contributed by atoms with Crippen LogP contribution in [-0.2, 0) is 5.41 Å². The van der Waals surface area contributed by atoms with Gasteiger partial charge in [0.05, 0.1) is 19.3 Å². The molecular formula is C26H35NO4. The summed E-state index contributed by atoms with van der Waals surface area (Å²) in [6, 6.07) is 14.0. The SMILES string of the molecule is COc1ccc2c(c1)[C@@H](O)CC1(CCN(C[C@H](O)c3ccc(C(C)(C)C)cc3)CC1)O2. The zero-order chi connectivity index (χ0) is 22.2. The smallest absolute Gasteiger partial charge is 0.126 e. The van der Waals surface area contributed by atoms with E-state index in [1.54, 1.807) is 7.11 Å². The van der Waals surface area contributed by atoms with Crippen LogP contribution in [0.2, 0.25) is 0 Å². The molecule has 2 heterocycles. The van der Waals surface area contributed by atoms with Gasteiger partial charge in [-0.15, -0.1) is 0 Å². The molecule has 2 aliphatic rings. The standard InChI is InChI=1S/C26H35NO4/c1-25(2,3)19-7-5-18(6-8-19)23(29)17-27-13-11-26(12-14-27)16-22(28)21-15-20(30-4)9-10-24(21)31-26/h5-10,15,22-23,28-29H,11-14,16-17H2,1-4H3/t22-,23-/m0/s1. The Balaban J connectivity index is 1.36. The van der Waals surface area contributed by atoms with E-state index in [0.717, 1.165) is 48.6 Å². The van der Waals surface area contributed by atoms with E-state index in [9.17, 15) is 10.2 Å². The van der Waals surface area contributed by atoms with Gasteiger partial charge in [-0.25, -0.2) is 0 Å². The average Bonchev–Trinajstić information content (AvgIpc) is 2.75. The number of nitrogens with zero attached hydrogens (tertiary/aromatic N) is 1. The number of aliphatic hydroxyl groups excluding tert-OH is 2. The predicted octanol–water partition coefficient (Wildman–Crippen LogP) is 4.38. The zero-order valence-electron chi connectivity index (χ0n) is 19.1. The number of fused-ring (bicyclic) bond motifs is 1. The van der Waals surface area contributed by atoms with Crippen LogP contribution in [0.3, 0.4) is 0 Å². The first-order valence-corrected chi connectivity index (χ1v) is 11.2. The first-order valence-electron chi connectivity index (χ1n) is 11.2. The number of benzene rings is 2. The summed E-state index contributed by atoms with van der Waals surface area (Å²) in [5.74, 6) is 1.49. The number of hydrogen-bond donors (Lipinski definition) is 2. The lowest BCUT2D eigenvalue weighted by atomic mass is 9.81. The van der Waals surface area contributed by atoms with Crippen molar-refractivity contribution in [3.8, 4) is 11.5 Å². The molecule has 0 radical (unpaired) electrons. The van der Waals surface area contributed by atoms with Crippen LogP contribution in [0.4, 0.5) is 0 Å². The van der Waals surface area contributed by atoms with E-state index in [-0.39, 0.29) is 11.0 Å². The third-order valence-corrected chi connectivity index (χ3v) is 6.83. The summed E-state index contributed by atoms with van der Waals surface area (Å²) in [4.78, 5) is 2.30. The molecule has 1 spiro atoms. The van der Waals surface area contributed by atoms with Gasteiger partial charge in [0.25, 0.3) is 0 Å². The maximum atomic E-state index is 10.8. The van der Waals surface area contributed by atoms with Gasteiger partial charge in [-0.3, -0.25) is 0 Å². The molecule has 1 fully saturated rings. The first kappa shape index (κ1) is 22.1. The summed E-state index contributed by atoms with van der Waals surface area (Å²) in [6.07, 6.45) is 1.22. The van der Waals surface area contributed by atoms with Gasteiger partial charge in [0.2, 0.25) is 0 Å². The Bertz CT molecular complexity index is 895. The highest BCUT2D eigenvalue weighted by molar-refractivity contribution is 5.43. The van der Waals surface area contributed by atoms with E-state index in [0.29, 0.717) is 13.0 Å². The molecule has 0 amide bonds. The fourth-order valence-electron chi connectivity index (χ4n) is 4.75. The van der Waals surface area contributed by atoms with Crippen LogP contribution in [0.1, 0.15) is 68.9 Å². The summed E-state index contributed by atoms with van der Waals surface area (Å²) in [5.41, 5.74) is 2.81. The van der Waals surface area contributed by atoms with Crippen molar-refractivity contribution >= 4 is 0 Å². The molecule has 1 saturated heterocycles. The van der Waals surface area contributed by atoms with Crippen LogP contribution < -0.4 is 9.47 Å². The molecule has 4 rings (SSSR count). The van der Waals surface area contributed by atoms with Crippen LogP contribution in [-0.4, -0.2) is 47.5 Å². The molecule has 31 heavy (non-hydrogen) atoms. The lowest BCUT2D eigenvalue weighted by Gasteiger charge is -2.46. The van der Waals surface area contributed by atoms with Crippen molar-refractivity contribution in [1.29, 1.82) is 0 Å². The van der Waals surface area contributed by atoms with Crippen molar-refractivity contribution in [2.75, 3.05) is 26.7 Å². The summed E-state index contributed by atoms with van der Waals surface area (Å²) >= 11 is 0. The van der Waals surface area contributed by atoms with Crippen LogP contribution in [0.25, 0.3) is 0 Å². The summed E-state index contributed by atoms with van der Waals surface area (Å²) in [6.45, 7) is 8.88. The van der Waals surface area contributed by atoms with E-state index < -0.39 is 12.2 Å². The minimum Gasteiger partial charge on any atom is -0.497 e. The van der Waals surface area contributed by atoms with Crippen LogP contribution >= 0.6 is 0 Å². The highest BCUT2D eigenvalue weighted by atomic mass is 16.5. The monoisotopic (exact) mass is 425 g/mol. The Labute approximate surface area is 185 Å². The summed E-state index contributed by atoms with van der Waals surface area (Å²) in [7, 11) is 1.63. The molecule has 2 atom stereocenters. The quantitative estimate of drug-likeness (QED) is 0.761. The Morgan fingerprint density at radius 2 is 1.81 bits per heavy atom. The third-order valence-electron chi connectivity index (χ3n) is 6.83. The van der Waals surface area contributed by atoms with Crippen molar-refractivity contribution < 1.29 is 19.7 Å². The fourth-order valence-corrected chi connectivity index (χ4v) is 4.75. The largest absolute Gasteiger partial charge is 0.497 e. The van der Waals surface area contributed by atoms with Gasteiger partial charge in [-0.2, -0.15) is 0 Å². The predicted molar refractivity (Wildman–Crippen MR) is 122 cm³/mol. The number of β-amino-alcohol motifs (C(OH)–C–C–N with tert-alkyl or cyclic N) is 1. The second kappa shape index (κ2) is 8.45. The Kier molecular flexibility index (Phi) is 6.03. The van der Waals surface area contributed by atoms with Gasteiger partial charge in [-0.05, 0) is 47.6 Å². The highest BCUT2D eigenvalue weighted by Crippen LogP contribution is 2.45. The van der Waals surface area contributed by atoms with Crippen LogP contribution in [0.5, 0.6) is 11.5 Å². The van der Waals surface area contributed by atoms with E-state index in [2.05, 4.69) is 37.8 Å². The maximum absolute atomic E-state index is 10.8. The van der Waals surface area contributed by atoms with E-state index in [1.165, 1.54) is 5.56 Å². The number of likely N-dealkylation sites (tertiary alicyclic amines) is 1. The summed E-state index contributed by atoms with van der Waals surface area (Å²) in [5, 5.41) is 21.5. The highest BCUT2D eigenvalue weighted by Gasteiger charge is 2.43. The molecule has 2 aliphatic heterocycles. The Hall–Kier alpha value is -2.08. The maximum Gasteiger partial charge on any atom is 0.126 e. The molecule has 2 N–H and O–H groups in total. The Morgan fingerprint density at radius 1 is 1.13 bits per heavy atom. The second-order valence-corrected chi connectivity index (χ2v) is 10.1. The molecule has 0 aliphatic carbocycles. The van der Waals surface area contributed by atoms with Crippen molar-refractivity contribution in [3.05, 3.63) is 59.2 Å². The molecule has 2 aromatic carbocycles. The molecule has 0 unspecified atom stereocenters. The number of methoxy groups -OCH3 is 1. The normalized spacial score (nSPS) is 21.9. The van der Waals surface area contributed by atoms with Crippen molar-refractivity contribution in [2.45, 2.75) is 63.3 Å². The number of piperidine rings is 1. The molecule has 0 aromatic heterocycles. The lowest BCUT2D eigenvalue weighted by molar-refractivity contribution is -0.0588. The van der Waals surface area contributed by atoms with Crippen LogP contribution in [0, 0.1) is 0 Å². The van der Waals surface area contributed by atoms with E-state index in [1.807, 2.05) is 30.3 Å². The molecule has 5 nitrogen and oxygen atoms in total. The average molecular weight is 426 g/mol. The number of aliphatic hydroxyl groups is 2.